The highest BCUT2D eigenvalue weighted by Crippen LogP contribution is 2.49. The lowest BCUT2D eigenvalue weighted by atomic mass is 9.96. The smallest absolute Gasteiger partial charge is 0.217 e. The molecule has 0 aliphatic carbocycles. The second-order valence-corrected chi connectivity index (χ2v) is 9.06. The van der Waals surface area contributed by atoms with Crippen LogP contribution in [-0.2, 0) is 0 Å². The third-order valence-electron chi connectivity index (χ3n) is 5.43. The molecule has 3 aromatic carbocycles. The van der Waals surface area contributed by atoms with E-state index in [1.807, 2.05) is 47.5 Å². The highest BCUT2D eigenvalue weighted by molar-refractivity contribution is 9.10. The Morgan fingerprint density at radius 1 is 1.00 bits per heavy atom. The SMILES string of the molecule is COc1ccc(C2=NN3[C@H](C2)c2cc(Br)ccc2O[C@H]3c2cc(Br)ccc2O)cc1. The lowest BCUT2D eigenvalue weighted by Crippen LogP contribution is -2.33. The van der Waals surface area contributed by atoms with Gasteiger partial charge in [-0.15, -0.1) is 0 Å². The minimum atomic E-state index is -0.531. The largest absolute Gasteiger partial charge is 0.507 e. The van der Waals surface area contributed by atoms with Crippen LogP contribution in [0.4, 0.5) is 0 Å². The first-order chi connectivity index (χ1) is 14.5. The molecular formula is C23H18Br2N2O3. The first-order valence-electron chi connectivity index (χ1n) is 9.48. The quantitative estimate of drug-likeness (QED) is 0.441. The number of methoxy groups -OCH3 is 1. The van der Waals surface area contributed by atoms with E-state index in [4.69, 9.17) is 14.6 Å². The van der Waals surface area contributed by atoms with Gasteiger partial charge in [-0.05, 0) is 66.2 Å². The summed E-state index contributed by atoms with van der Waals surface area (Å²) in [5, 5.41) is 17.4. The number of halogens is 2. The average Bonchev–Trinajstić information content (AvgIpc) is 3.21. The summed E-state index contributed by atoms with van der Waals surface area (Å²) in [4.78, 5) is 0. The van der Waals surface area contributed by atoms with E-state index >= 15 is 0 Å². The van der Waals surface area contributed by atoms with E-state index in [9.17, 15) is 5.11 Å². The molecule has 0 aromatic heterocycles. The lowest BCUT2D eigenvalue weighted by Gasteiger charge is -2.38. The predicted octanol–water partition coefficient (Wildman–Crippen LogP) is 6.17. The van der Waals surface area contributed by atoms with Gasteiger partial charge in [0.15, 0.2) is 0 Å². The van der Waals surface area contributed by atoms with Crippen molar-refractivity contribution < 1.29 is 14.6 Å². The van der Waals surface area contributed by atoms with Crippen molar-refractivity contribution in [3.8, 4) is 17.2 Å². The van der Waals surface area contributed by atoms with E-state index in [-0.39, 0.29) is 11.8 Å². The molecule has 2 aliphatic rings. The molecule has 7 heteroatoms. The molecule has 2 atom stereocenters. The van der Waals surface area contributed by atoms with Gasteiger partial charge < -0.3 is 14.6 Å². The summed E-state index contributed by atoms with van der Waals surface area (Å²) >= 11 is 7.07. The van der Waals surface area contributed by atoms with E-state index in [1.54, 1.807) is 19.2 Å². The van der Waals surface area contributed by atoms with Crippen molar-refractivity contribution in [3.63, 3.8) is 0 Å². The van der Waals surface area contributed by atoms with Gasteiger partial charge in [0.2, 0.25) is 6.23 Å². The van der Waals surface area contributed by atoms with Crippen molar-refractivity contribution in [2.24, 2.45) is 5.10 Å². The van der Waals surface area contributed by atoms with Gasteiger partial charge in [0.05, 0.1) is 24.4 Å². The fraction of sp³-hybridized carbons (Fsp3) is 0.174. The summed E-state index contributed by atoms with van der Waals surface area (Å²) in [6.07, 6.45) is 0.210. The molecule has 2 heterocycles. The number of rotatable bonds is 3. The molecule has 1 N–H and O–H groups in total. The molecule has 0 bridgehead atoms. The first-order valence-corrected chi connectivity index (χ1v) is 11.1. The number of nitrogens with zero attached hydrogens (tertiary/aromatic N) is 2. The first kappa shape index (κ1) is 19.5. The summed E-state index contributed by atoms with van der Waals surface area (Å²) in [5.41, 5.74) is 3.75. The number of benzene rings is 3. The van der Waals surface area contributed by atoms with Crippen LogP contribution in [0.2, 0.25) is 0 Å². The van der Waals surface area contributed by atoms with Crippen molar-refractivity contribution in [2.75, 3.05) is 7.11 Å². The van der Waals surface area contributed by atoms with Crippen molar-refractivity contribution in [1.29, 1.82) is 0 Å². The van der Waals surface area contributed by atoms with Crippen LogP contribution >= 0.6 is 31.9 Å². The second kappa shape index (κ2) is 7.63. The third-order valence-corrected chi connectivity index (χ3v) is 6.42. The molecule has 5 rings (SSSR count). The standard InChI is InChI=1S/C23H18Br2N2O3/c1-29-16-6-2-13(3-7-16)19-12-20-17-10-15(25)5-9-22(17)30-23(27(20)26-19)18-11-14(24)4-8-21(18)28/h2-11,20,23,28H,12H2,1H3/t20-,23+/m1/s1. The number of hydrogen-bond donors (Lipinski definition) is 1. The Kier molecular flexibility index (Phi) is 4.95. The Bertz CT molecular complexity index is 1150. The van der Waals surface area contributed by atoms with Crippen molar-refractivity contribution in [3.05, 3.63) is 86.3 Å². The number of phenols is 1. The van der Waals surface area contributed by atoms with Crippen LogP contribution in [0.1, 0.15) is 35.4 Å². The van der Waals surface area contributed by atoms with E-state index < -0.39 is 6.23 Å². The Labute approximate surface area is 191 Å². The molecule has 2 aliphatic heterocycles. The fourth-order valence-corrected chi connectivity index (χ4v) is 4.70. The molecule has 0 radical (unpaired) electrons. The summed E-state index contributed by atoms with van der Waals surface area (Å²) in [6, 6.07) is 19.3. The number of hydrazone groups is 1. The lowest BCUT2D eigenvalue weighted by molar-refractivity contribution is -0.0204. The highest BCUT2D eigenvalue weighted by atomic mass is 79.9. The van der Waals surface area contributed by atoms with Crippen LogP contribution in [0.5, 0.6) is 17.2 Å². The van der Waals surface area contributed by atoms with E-state index in [1.165, 1.54) is 0 Å². The molecule has 3 aromatic rings. The zero-order valence-electron chi connectivity index (χ0n) is 16.0. The summed E-state index contributed by atoms with van der Waals surface area (Å²) in [5.74, 6) is 1.79. The third kappa shape index (κ3) is 3.36. The van der Waals surface area contributed by atoms with E-state index in [0.29, 0.717) is 5.56 Å². The molecule has 0 saturated carbocycles. The highest BCUT2D eigenvalue weighted by Gasteiger charge is 2.42. The number of phenolic OH excluding ortho intramolecular Hbond substituents is 1. The van der Waals surface area contributed by atoms with Gasteiger partial charge in [0.1, 0.15) is 17.2 Å². The van der Waals surface area contributed by atoms with Gasteiger partial charge in [0, 0.05) is 20.9 Å². The molecule has 0 saturated heterocycles. The van der Waals surface area contributed by atoms with Crippen molar-refractivity contribution in [2.45, 2.75) is 18.7 Å². The summed E-state index contributed by atoms with van der Waals surface area (Å²) in [7, 11) is 1.66. The zero-order valence-corrected chi connectivity index (χ0v) is 19.2. The van der Waals surface area contributed by atoms with Gasteiger partial charge >= 0.3 is 0 Å². The maximum Gasteiger partial charge on any atom is 0.217 e. The van der Waals surface area contributed by atoms with Gasteiger partial charge in [0.25, 0.3) is 0 Å². The number of fused-ring (bicyclic) bond motifs is 3. The van der Waals surface area contributed by atoms with Crippen LogP contribution in [-0.4, -0.2) is 22.9 Å². The van der Waals surface area contributed by atoms with Crippen molar-refractivity contribution in [1.82, 2.24) is 5.01 Å². The Morgan fingerprint density at radius 3 is 2.43 bits per heavy atom. The van der Waals surface area contributed by atoms with Gasteiger partial charge in [-0.3, -0.25) is 0 Å². The molecular weight excluding hydrogens is 512 g/mol. The fourth-order valence-electron chi connectivity index (χ4n) is 3.94. The molecule has 152 valence electrons. The minimum Gasteiger partial charge on any atom is -0.507 e. The maximum atomic E-state index is 10.5. The molecule has 0 fully saturated rings. The molecule has 5 nitrogen and oxygen atoms in total. The Hall–Kier alpha value is -2.51. The molecule has 0 unspecified atom stereocenters. The van der Waals surface area contributed by atoms with E-state index in [2.05, 4.69) is 37.9 Å². The molecule has 30 heavy (non-hydrogen) atoms. The molecule has 0 amide bonds. The van der Waals surface area contributed by atoms with Crippen molar-refractivity contribution >= 4 is 37.6 Å². The topological polar surface area (TPSA) is 54.3 Å². The van der Waals surface area contributed by atoms with E-state index in [0.717, 1.165) is 43.7 Å². The maximum absolute atomic E-state index is 10.5. The van der Waals surface area contributed by atoms with Gasteiger partial charge in [-0.2, -0.15) is 5.10 Å². The number of ether oxygens (including phenoxy) is 2. The van der Waals surface area contributed by atoms with Gasteiger partial charge in [-0.25, -0.2) is 5.01 Å². The average molecular weight is 530 g/mol. The van der Waals surface area contributed by atoms with Crippen LogP contribution in [0.15, 0.2) is 74.7 Å². The predicted molar refractivity (Wildman–Crippen MR) is 122 cm³/mol. The zero-order chi connectivity index (χ0) is 20.8. The Morgan fingerprint density at radius 2 is 1.70 bits per heavy atom. The van der Waals surface area contributed by atoms with Crippen LogP contribution < -0.4 is 9.47 Å². The normalized spacial score (nSPS) is 19.6. The van der Waals surface area contributed by atoms with Crippen LogP contribution in [0.25, 0.3) is 0 Å². The number of hydrogen-bond acceptors (Lipinski definition) is 5. The second-order valence-electron chi connectivity index (χ2n) is 7.23. The van der Waals surface area contributed by atoms with Gasteiger partial charge in [-0.1, -0.05) is 31.9 Å². The van der Waals surface area contributed by atoms with Crippen LogP contribution in [0, 0.1) is 0 Å². The number of aromatic hydroxyl groups is 1. The summed E-state index contributed by atoms with van der Waals surface area (Å²) in [6.45, 7) is 0. The monoisotopic (exact) mass is 528 g/mol. The molecule has 0 spiro atoms. The minimum absolute atomic E-state index is 0.00623. The summed E-state index contributed by atoms with van der Waals surface area (Å²) < 4.78 is 13.5. The van der Waals surface area contributed by atoms with Crippen LogP contribution in [0.3, 0.4) is 0 Å². The Balaban J connectivity index is 1.61.